The number of carbonyl (C=O) groups excluding carboxylic acids is 1. The number of nitrogens with zero attached hydrogens (tertiary/aromatic N) is 1. The molecular weight excluding hydrogens is 353 g/mol. The summed E-state index contributed by atoms with van der Waals surface area (Å²) in [7, 11) is 0. The second kappa shape index (κ2) is 10.2. The van der Waals surface area contributed by atoms with E-state index in [1.165, 1.54) is 6.07 Å². The van der Waals surface area contributed by atoms with E-state index in [9.17, 15) is 9.18 Å². The minimum atomic E-state index is -0.546. The zero-order valence-electron chi connectivity index (χ0n) is 15.4. The van der Waals surface area contributed by atoms with Crippen LogP contribution in [0.25, 0.3) is 0 Å². The molecule has 1 saturated carbocycles. The zero-order chi connectivity index (χ0) is 17.5. The number of hydrogen-bond acceptors (Lipinski definition) is 3. The van der Waals surface area contributed by atoms with E-state index in [0.717, 1.165) is 76.8 Å². The highest BCUT2D eigenvalue weighted by Crippen LogP contribution is 2.39. The number of halogens is 2. The van der Waals surface area contributed by atoms with Crippen molar-refractivity contribution in [2.45, 2.75) is 43.9 Å². The molecule has 0 spiro atoms. The molecule has 0 radical (unpaired) electrons. The van der Waals surface area contributed by atoms with E-state index in [-0.39, 0.29) is 24.1 Å². The van der Waals surface area contributed by atoms with Crippen molar-refractivity contribution in [2.75, 3.05) is 39.3 Å². The molecule has 4 nitrogen and oxygen atoms in total. The van der Waals surface area contributed by atoms with E-state index in [0.29, 0.717) is 6.54 Å². The predicted octanol–water partition coefficient (Wildman–Crippen LogP) is 2.86. The highest BCUT2D eigenvalue weighted by molar-refractivity contribution is 5.88. The van der Waals surface area contributed by atoms with Crippen LogP contribution in [-0.2, 0) is 10.2 Å². The fourth-order valence-corrected chi connectivity index (χ4v) is 4.20. The summed E-state index contributed by atoms with van der Waals surface area (Å²) in [4.78, 5) is 15.5. The molecule has 0 atom stereocenters. The lowest BCUT2D eigenvalue weighted by Crippen LogP contribution is -2.47. The lowest BCUT2D eigenvalue weighted by Gasteiger charge is -2.36. The van der Waals surface area contributed by atoms with Gasteiger partial charge in [-0.3, -0.25) is 4.79 Å². The fraction of sp³-hybridized carbons (Fsp3) is 0.650. The first kappa shape index (κ1) is 21.1. The molecule has 146 valence electrons. The van der Waals surface area contributed by atoms with E-state index in [1.807, 2.05) is 6.07 Å². The molecule has 0 bridgehead atoms. The summed E-state index contributed by atoms with van der Waals surface area (Å²) >= 11 is 0. The van der Waals surface area contributed by atoms with Crippen LogP contribution in [0.1, 0.15) is 44.1 Å². The van der Waals surface area contributed by atoms with Crippen LogP contribution in [0.5, 0.6) is 0 Å². The Morgan fingerprint density at radius 2 is 1.92 bits per heavy atom. The maximum absolute atomic E-state index is 13.7. The predicted molar refractivity (Wildman–Crippen MR) is 105 cm³/mol. The number of benzene rings is 1. The van der Waals surface area contributed by atoms with Crippen molar-refractivity contribution in [3.8, 4) is 0 Å². The van der Waals surface area contributed by atoms with Gasteiger partial charge in [-0.1, -0.05) is 31.4 Å². The number of piperazine rings is 1. The fourth-order valence-electron chi connectivity index (χ4n) is 4.20. The lowest BCUT2D eigenvalue weighted by molar-refractivity contribution is -0.128. The Bertz CT molecular complexity index is 572. The van der Waals surface area contributed by atoms with E-state index in [1.54, 1.807) is 12.1 Å². The molecule has 0 unspecified atom stereocenters. The van der Waals surface area contributed by atoms with Gasteiger partial charge in [0.15, 0.2) is 0 Å². The Morgan fingerprint density at radius 1 is 1.19 bits per heavy atom. The molecule has 1 aromatic carbocycles. The summed E-state index contributed by atoms with van der Waals surface area (Å²) in [6, 6.07) is 6.63. The highest BCUT2D eigenvalue weighted by atomic mass is 35.5. The third-order valence-corrected chi connectivity index (χ3v) is 5.67. The van der Waals surface area contributed by atoms with Gasteiger partial charge in [0.1, 0.15) is 5.82 Å². The van der Waals surface area contributed by atoms with Gasteiger partial charge in [-0.2, -0.15) is 0 Å². The molecule has 1 aliphatic heterocycles. The van der Waals surface area contributed by atoms with E-state index in [4.69, 9.17) is 0 Å². The number of carbonyl (C=O) groups is 1. The Labute approximate surface area is 162 Å². The van der Waals surface area contributed by atoms with Crippen molar-refractivity contribution < 1.29 is 9.18 Å². The van der Waals surface area contributed by atoms with Crippen LogP contribution in [0.15, 0.2) is 24.3 Å². The molecule has 1 amide bonds. The van der Waals surface area contributed by atoms with Gasteiger partial charge in [0.05, 0.1) is 5.41 Å². The summed E-state index contributed by atoms with van der Waals surface area (Å²) in [6.45, 7) is 5.99. The molecule has 2 aliphatic rings. The van der Waals surface area contributed by atoms with E-state index >= 15 is 0 Å². The molecule has 2 N–H and O–H groups in total. The lowest BCUT2D eigenvalue weighted by atomic mass is 9.68. The van der Waals surface area contributed by atoms with Crippen molar-refractivity contribution in [3.63, 3.8) is 0 Å². The Kier molecular flexibility index (Phi) is 8.32. The SMILES string of the molecule is Cl.O=C(NCCCN1CCNCC1)C1(c2cccc(F)c2)CCCCC1. The summed E-state index contributed by atoms with van der Waals surface area (Å²) in [5, 5.41) is 6.50. The minimum absolute atomic E-state index is 0. The second-order valence-corrected chi connectivity index (χ2v) is 7.35. The van der Waals surface area contributed by atoms with Crippen LogP contribution in [0.3, 0.4) is 0 Å². The first-order valence-corrected chi connectivity index (χ1v) is 9.68. The van der Waals surface area contributed by atoms with Crippen molar-refractivity contribution in [2.24, 2.45) is 0 Å². The average molecular weight is 384 g/mol. The molecule has 3 rings (SSSR count). The van der Waals surface area contributed by atoms with Gasteiger partial charge in [0, 0.05) is 32.7 Å². The van der Waals surface area contributed by atoms with Crippen molar-refractivity contribution >= 4 is 18.3 Å². The largest absolute Gasteiger partial charge is 0.355 e. The van der Waals surface area contributed by atoms with Crippen LogP contribution in [0.4, 0.5) is 4.39 Å². The normalized spacial score (nSPS) is 20.2. The van der Waals surface area contributed by atoms with Crippen LogP contribution in [-0.4, -0.2) is 50.1 Å². The first-order valence-electron chi connectivity index (χ1n) is 9.68. The van der Waals surface area contributed by atoms with Crippen LogP contribution in [0, 0.1) is 5.82 Å². The van der Waals surface area contributed by atoms with Crippen molar-refractivity contribution in [1.29, 1.82) is 0 Å². The number of rotatable bonds is 6. The Hall–Kier alpha value is -1.17. The third kappa shape index (κ3) is 5.18. The highest BCUT2D eigenvalue weighted by Gasteiger charge is 2.41. The standard InChI is InChI=1S/C20H30FN3O.ClH/c21-18-7-4-6-17(16-18)20(8-2-1-3-9-20)19(25)23-10-5-13-24-14-11-22-12-15-24;/h4,6-7,16,22H,1-3,5,8-15H2,(H,23,25);1H. The molecule has 1 heterocycles. The Balaban J connectivity index is 0.00000243. The maximum Gasteiger partial charge on any atom is 0.230 e. The third-order valence-electron chi connectivity index (χ3n) is 5.67. The maximum atomic E-state index is 13.7. The zero-order valence-corrected chi connectivity index (χ0v) is 16.3. The number of hydrogen-bond donors (Lipinski definition) is 2. The summed E-state index contributed by atoms with van der Waals surface area (Å²) in [5.74, 6) is -0.174. The Morgan fingerprint density at radius 3 is 2.62 bits per heavy atom. The van der Waals surface area contributed by atoms with Gasteiger partial charge in [0.2, 0.25) is 5.91 Å². The molecule has 1 aliphatic carbocycles. The molecule has 1 aromatic rings. The molecule has 2 fully saturated rings. The molecule has 6 heteroatoms. The smallest absolute Gasteiger partial charge is 0.230 e. The van der Waals surface area contributed by atoms with Crippen LogP contribution < -0.4 is 10.6 Å². The van der Waals surface area contributed by atoms with Gasteiger partial charge < -0.3 is 15.5 Å². The van der Waals surface area contributed by atoms with E-state index in [2.05, 4.69) is 15.5 Å². The molecule has 0 aromatic heterocycles. The van der Waals surface area contributed by atoms with Crippen molar-refractivity contribution in [1.82, 2.24) is 15.5 Å². The van der Waals surface area contributed by atoms with Crippen LogP contribution >= 0.6 is 12.4 Å². The minimum Gasteiger partial charge on any atom is -0.355 e. The quantitative estimate of drug-likeness (QED) is 0.742. The summed E-state index contributed by atoms with van der Waals surface area (Å²) in [5.41, 5.74) is 0.293. The van der Waals surface area contributed by atoms with Gasteiger partial charge in [0.25, 0.3) is 0 Å². The van der Waals surface area contributed by atoms with Gasteiger partial charge in [-0.05, 0) is 43.5 Å². The van der Waals surface area contributed by atoms with Gasteiger partial charge in [-0.15, -0.1) is 12.4 Å². The summed E-state index contributed by atoms with van der Waals surface area (Å²) < 4.78 is 13.7. The van der Waals surface area contributed by atoms with Gasteiger partial charge in [-0.25, -0.2) is 4.39 Å². The molecule has 26 heavy (non-hydrogen) atoms. The topological polar surface area (TPSA) is 44.4 Å². The number of nitrogens with one attached hydrogen (secondary N) is 2. The molecule has 1 saturated heterocycles. The average Bonchev–Trinajstić information content (AvgIpc) is 2.66. The van der Waals surface area contributed by atoms with E-state index < -0.39 is 5.41 Å². The van der Waals surface area contributed by atoms with Crippen molar-refractivity contribution in [3.05, 3.63) is 35.6 Å². The van der Waals surface area contributed by atoms with Gasteiger partial charge >= 0.3 is 0 Å². The van der Waals surface area contributed by atoms with Crippen LogP contribution in [0.2, 0.25) is 0 Å². The second-order valence-electron chi connectivity index (χ2n) is 7.35. The summed E-state index contributed by atoms with van der Waals surface area (Å²) in [6.07, 6.45) is 5.83. The first-order chi connectivity index (χ1) is 12.2. The molecular formula is C20H31ClFN3O. The monoisotopic (exact) mass is 383 g/mol. The number of amides is 1.